The van der Waals surface area contributed by atoms with Crippen molar-refractivity contribution in [2.75, 3.05) is 27.2 Å². The predicted molar refractivity (Wildman–Crippen MR) is 72.1 cm³/mol. The summed E-state index contributed by atoms with van der Waals surface area (Å²) in [7, 11) is 3.95. The van der Waals surface area contributed by atoms with Crippen LogP contribution in [-0.2, 0) is 4.79 Å². The van der Waals surface area contributed by atoms with Gasteiger partial charge in [-0.25, -0.2) is 0 Å². The minimum Gasteiger partial charge on any atom is -0.391 e. The van der Waals surface area contributed by atoms with Crippen molar-refractivity contribution < 1.29 is 9.90 Å². The molecule has 3 N–H and O–H groups in total. The molecule has 0 radical (unpaired) electrons. The highest BCUT2D eigenvalue weighted by atomic mass is 16.3. The summed E-state index contributed by atoms with van der Waals surface area (Å²) in [6.45, 7) is 5.31. The van der Waals surface area contributed by atoms with Gasteiger partial charge in [-0.1, -0.05) is 13.8 Å². The normalized spacial score (nSPS) is 26.1. The molecule has 1 aliphatic heterocycles. The molecule has 2 unspecified atom stereocenters. The van der Waals surface area contributed by atoms with Crippen molar-refractivity contribution in [3.63, 3.8) is 0 Å². The summed E-state index contributed by atoms with van der Waals surface area (Å²) in [6, 6.07) is -0.360. The lowest BCUT2D eigenvalue weighted by molar-refractivity contribution is -0.134. The summed E-state index contributed by atoms with van der Waals surface area (Å²) in [5, 5.41) is 9.74. The van der Waals surface area contributed by atoms with Crippen LogP contribution in [0.25, 0.3) is 0 Å². The van der Waals surface area contributed by atoms with Crippen LogP contribution >= 0.6 is 0 Å². The largest absolute Gasteiger partial charge is 0.391 e. The molecule has 5 nitrogen and oxygen atoms in total. The number of rotatable bonds is 5. The Morgan fingerprint density at radius 3 is 2.61 bits per heavy atom. The third-order valence-corrected chi connectivity index (χ3v) is 3.29. The summed E-state index contributed by atoms with van der Waals surface area (Å²) in [5.41, 5.74) is 5.95. The van der Waals surface area contributed by atoms with Gasteiger partial charge >= 0.3 is 0 Å². The monoisotopic (exact) mass is 257 g/mol. The van der Waals surface area contributed by atoms with Crippen LogP contribution in [0.2, 0.25) is 0 Å². The van der Waals surface area contributed by atoms with E-state index in [4.69, 9.17) is 5.73 Å². The minimum atomic E-state index is -0.444. The average Bonchev–Trinajstić information content (AvgIpc) is 2.56. The maximum Gasteiger partial charge on any atom is 0.239 e. The number of nitrogens with zero attached hydrogens (tertiary/aromatic N) is 2. The van der Waals surface area contributed by atoms with Gasteiger partial charge in [0.1, 0.15) is 0 Å². The molecule has 18 heavy (non-hydrogen) atoms. The number of hydrogen-bond donors (Lipinski definition) is 2. The van der Waals surface area contributed by atoms with Gasteiger partial charge in [-0.15, -0.1) is 0 Å². The molecule has 1 amide bonds. The van der Waals surface area contributed by atoms with E-state index in [1.54, 1.807) is 4.90 Å². The number of hydrogen-bond acceptors (Lipinski definition) is 4. The first kappa shape index (κ1) is 15.4. The van der Waals surface area contributed by atoms with E-state index in [9.17, 15) is 9.90 Å². The molecule has 1 rings (SSSR count). The maximum absolute atomic E-state index is 12.3. The fourth-order valence-electron chi connectivity index (χ4n) is 2.58. The summed E-state index contributed by atoms with van der Waals surface area (Å²) >= 11 is 0. The van der Waals surface area contributed by atoms with Crippen molar-refractivity contribution in [2.24, 2.45) is 11.7 Å². The highest BCUT2D eigenvalue weighted by molar-refractivity contribution is 5.82. The summed E-state index contributed by atoms with van der Waals surface area (Å²) in [4.78, 5) is 16.1. The van der Waals surface area contributed by atoms with Crippen molar-refractivity contribution in [1.29, 1.82) is 0 Å². The number of β-amino-alcohol motifs (C(OH)–C–C–N with tert-alkyl or cyclic N) is 1. The molecule has 0 bridgehead atoms. The molecular weight excluding hydrogens is 230 g/mol. The number of aliphatic hydroxyl groups excluding tert-OH is 1. The smallest absolute Gasteiger partial charge is 0.239 e. The van der Waals surface area contributed by atoms with Crippen molar-refractivity contribution in [3.8, 4) is 0 Å². The predicted octanol–water partition coefficient (Wildman–Crippen LogP) is -0.117. The second kappa shape index (κ2) is 6.50. The molecule has 0 aromatic rings. The molecule has 1 heterocycles. The Bertz CT molecular complexity index is 281. The van der Waals surface area contributed by atoms with Gasteiger partial charge in [-0.2, -0.15) is 0 Å². The second-order valence-electron chi connectivity index (χ2n) is 6.03. The first-order valence-corrected chi connectivity index (χ1v) is 6.70. The third kappa shape index (κ3) is 4.23. The second-order valence-corrected chi connectivity index (χ2v) is 6.03. The Labute approximate surface area is 110 Å². The lowest BCUT2D eigenvalue weighted by Crippen LogP contribution is -2.49. The molecule has 5 heteroatoms. The Morgan fingerprint density at radius 1 is 1.50 bits per heavy atom. The summed E-state index contributed by atoms with van der Waals surface area (Å²) < 4.78 is 0. The van der Waals surface area contributed by atoms with E-state index in [1.165, 1.54) is 0 Å². The number of aliphatic hydroxyl groups is 1. The number of amides is 1. The Kier molecular flexibility index (Phi) is 5.56. The fraction of sp³-hybridized carbons (Fsp3) is 0.923. The van der Waals surface area contributed by atoms with E-state index >= 15 is 0 Å². The van der Waals surface area contributed by atoms with Gasteiger partial charge in [0.15, 0.2) is 0 Å². The van der Waals surface area contributed by atoms with Gasteiger partial charge < -0.3 is 20.6 Å². The molecule has 0 aromatic carbocycles. The summed E-state index contributed by atoms with van der Waals surface area (Å²) in [6.07, 6.45) is 0.934. The molecule has 106 valence electrons. The summed E-state index contributed by atoms with van der Waals surface area (Å²) in [5.74, 6) is 0.385. The van der Waals surface area contributed by atoms with Crippen LogP contribution < -0.4 is 5.73 Å². The zero-order valence-electron chi connectivity index (χ0n) is 12.0. The molecule has 1 aliphatic rings. The Morgan fingerprint density at radius 2 is 2.11 bits per heavy atom. The Hall–Kier alpha value is -0.650. The van der Waals surface area contributed by atoms with Gasteiger partial charge in [0, 0.05) is 19.1 Å². The van der Waals surface area contributed by atoms with Crippen LogP contribution in [0.5, 0.6) is 0 Å². The first-order valence-electron chi connectivity index (χ1n) is 6.70. The van der Waals surface area contributed by atoms with Crippen LogP contribution in [0.4, 0.5) is 0 Å². The number of likely N-dealkylation sites (tertiary alicyclic amines) is 1. The van der Waals surface area contributed by atoms with Gasteiger partial charge in [0.25, 0.3) is 0 Å². The van der Waals surface area contributed by atoms with Gasteiger partial charge in [0.05, 0.1) is 12.1 Å². The molecule has 0 aliphatic carbocycles. The van der Waals surface area contributed by atoms with Crippen LogP contribution in [-0.4, -0.2) is 66.2 Å². The van der Waals surface area contributed by atoms with Crippen molar-refractivity contribution in [3.05, 3.63) is 0 Å². The number of carbonyl (C=O) groups excluding carboxylic acids is 1. The van der Waals surface area contributed by atoms with Crippen molar-refractivity contribution >= 4 is 5.91 Å². The van der Waals surface area contributed by atoms with Crippen LogP contribution in [0.1, 0.15) is 26.7 Å². The van der Waals surface area contributed by atoms with Crippen LogP contribution in [0.3, 0.4) is 0 Å². The minimum absolute atomic E-state index is 0.0212. The lowest BCUT2D eigenvalue weighted by Gasteiger charge is -2.29. The molecule has 0 aromatic heterocycles. The molecule has 1 fully saturated rings. The van der Waals surface area contributed by atoms with Crippen molar-refractivity contribution in [2.45, 2.75) is 44.9 Å². The lowest BCUT2D eigenvalue weighted by atomic mass is 10.0. The molecule has 3 atom stereocenters. The topological polar surface area (TPSA) is 69.8 Å². The Balaban J connectivity index is 2.64. The SMILES string of the molecule is CC(C)C[C@H](N)C(=O)N1CC(O)CC1CN(C)C. The van der Waals surface area contributed by atoms with Gasteiger partial charge in [-0.05, 0) is 32.9 Å². The van der Waals surface area contributed by atoms with E-state index in [-0.39, 0.29) is 11.9 Å². The van der Waals surface area contributed by atoms with Gasteiger partial charge in [-0.3, -0.25) is 4.79 Å². The van der Waals surface area contributed by atoms with Crippen LogP contribution in [0.15, 0.2) is 0 Å². The van der Waals surface area contributed by atoms with Gasteiger partial charge in [0.2, 0.25) is 5.91 Å². The molecular formula is C13H27N3O2. The molecule has 0 saturated carbocycles. The average molecular weight is 257 g/mol. The number of carbonyl (C=O) groups is 1. The van der Waals surface area contributed by atoms with E-state index in [2.05, 4.69) is 13.8 Å². The number of nitrogens with two attached hydrogens (primary N) is 1. The molecule has 1 saturated heterocycles. The standard InChI is InChI=1S/C13H27N3O2/c1-9(2)5-12(14)13(18)16-8-11(17)6-10(16)7-15(3)4/h9-12,17H,5-8,14H2,1-4H3/t10?,11?,12-/m0/s1. The third-order valence-electron chi connectivity index (χ3n) is 3.29. The van der Waals surface area contributed by atoms with E-state index < -0.39 is 12.1 Å². The maximum atomic E-state index is 12.3. The van der Waals surface area contributed by atoms with E-state index in [0.717, 1.165) is 6.54 Å². The quantitative estimate of drug-likeness (QED) is 0.720. The molecule has 0 spiro atoms. The number of likely N-dealkylation sites (N-methyl/N-ethyl adjacent to an activating group) is 1. The highest BCUT2D eigenvalue weighted by Crippen LogP contribution is 2.20. The van der Waals surface area contributed by atoms with E-state index in [0.29, 0.717) is 25.3 Å². The van der Waals surface area contributed by atoms with Crippen LogP contribution in [0, 0.1) is 5.92 Å². The van der Waals surface area contributed by atoms with E-state index in [1.807, 2.05) is 19.0 Å². The zero-order chi connectivity index (χ0) is 13.9. The first-order chi connectivity index (χ1) is 8.31. The fourth-order valence-corrected chi connectivity index (χ4v) is 2.58. The highest BCUT2D eigenvalue weighted by Gasteiger charge is 2.36. The zero-order valence-corrected chi connectivity index (χ0v) is 12.0. The van der Waals surface area contributed by atoms with Crippen molar-refractivity contribution in [1.82, 2.24) is 9.80 Å².